The van der Waals surface area contributed by atoms with E-state index in [2.05, 4.69) is 4.98 Å². The molecule has 17 heavy (non-hydrogen) atoms. The molecule has 0 spiro atoms. The number of para-hydroxylation sites is 1. The zero-order valence-electron chi connectivity index (χ0n) is 9.47. The van der Waals surface area contributed by atoms with Gasteiger partial charge in [-0.25, -0.2) is 4.98 Å². The molecular weight excluding hydrogens is 214 g/mol. The lowest BCUT2D eigenvalue weighted by molar-refractivity contribution is 0.459. The summed E-state index contributed by atoms with van der Waals surface area (Å²) in [5.41, 5.74) is 7.04. The van der Waals surface area contributed by atoms with Crippen LogP contribution in [0.5, 0.6) is 11.6 Å². The Labute approximate surface area is 99.6 Å². The number of nitrogens with zero attached hydrogens (tertiary/aromatic N) is 1. The van der Waals surface area contributed by atoms with E-state index in [1.54, 1.807) is 18.3 Å². The van der Waals surface area contributed by atoms with Crippen LogP contribution >= 0.6 is 0 Å². The summed E-state index contributed by atoms with van der Waals surface area (Å²) in [6.07, 6.45) is 1.57. The lowest BCUT2D eigenvalue weighted by Gasteiger charge is -2.08. The number of aromatic nitrogens is 1. The van der Waals surface area contributed by atoms with Crippen LogP contribution in [0.25, 0.3) is 0 Å². The van der Waals surface area contributed by atoms with Crippen LogP contribution in [-0.4, -0.2) is 10.8 Å². The first kappa shape index (κ1) is 11.1. The van der Waals surface area contributed by atoms with Gasteiger partial charge in [0.15, 0.2) is 0 Å². The minimum absolute atomic E-state index is 0.00188. The number of ether oxygens (including phenoxy) is 1. The van der Waals surface area contributed by atoms with E-state index in [1.807, 2.05) is 31.2 Å². The molecule has 1 heterocycles. The Morgan fingerprint density at radius 3 is 2.76 bits per heavy atom. The van der Waals surface area contributed by atoms with Gasteiger partial charge in [0.05, 0.1) is 0 Å². The maximum atomic E-state index is 7.35. The summed E-state index contributed by atoms with van der Waals surface area (Å²) in [6, 6.07) is 11.0. The second kappa shape index (κ2) is 4.65. The van der Waals surface area contributed by atoms with Gasteiger partial charge in [0.1, 0.15) is 11.6 Å². The van der Waals surface area contributed by atoms with Crippen LogP contribution < -0.4 is 10.5 Å². The monoisotopic (exact) mass is 227 g/mol. The largest absolute Gasteiger partial charge is 0.439 e. The van der Waals surface area contributed by atoms with Crippen LogP contribution in [0.2, 0.25) is 0 Å². The van der Waals surface area contributed by atoms with Crippen LogP contribution in [0.15, 0.2) is 42.6 Å². The van der Waals surface area contributed by atoms with Crippen LogP contribution in [0.4, 0.5) is 0 Å². The Balaban J connectivity index is 2.28. The van der Waals surface area contributed by atoms with Crippen molar-refractivity contribution in [3.05, 3.63) is 53.7 Å². The number of hydrogen-bond acceptors (Lipinski definition) is 3. The first-order chi connectivity index (χ1) is 8.16. The Morgan fingerprint density at radius 2 is 2.06 bits per heavy atom. The van der Waals surface area contributed by atoms with Gasteiger partial charge in [0.25, 0.3) is 0 Å². The molecule has 1 aromatic heterocycles. The summed E-state index contributed by atoms with van der Waals surface area (Å²) < 4.78 is 5.64. The Morgan fingerprint density at radius 1 is 1.29 bits per heavy atom. The predicted octanol–water partition coefficient (Wildman–Crippen LogP) is 2.47. The predicted molar refractivity (Wildman–Crippen MR) is 66.5 cm³/mol. The van der Waals surface area contributed by atoms with E-state index in [4.69, 9.17) is 15.9 Å². The Hall–Kier alpha value is -2.36. The molecule has 0 fully saturated rings. The van der Waals surface area contributed by atoms with Crippen molar-refractivity contribution in [2.24, 2.45) is 5.73 Å². The zero-order chi connectivity index (χ0) is 12.3. The molecule has 2 rings (SSSR count). The van der Waals surface area contributed by atoms with Gasteiger partial charge in [0.2, 0.25) is 5.88 Å². The number of nitrogens with one attached hydrogen (secondary N) is 1. The summed E-state index contributed by atoms with van der Waals surface area (Å²) in [4.78, 5) is 4.08. The van der Waals surface area contributed by atoms with Crippen molar-refractivity contribution in [2.75, 3.05) is 0 Å². The average molecular weight is 227 g/mol. The molecule has 0 aliphatic heterocycles. The fourth-order valence-corrected chi connectivity index (χ4v) is 1.42. The highest BCUT2D eigenvalue weighted by molar-refractivity contribution is 5.95. The van der Waals surface area contributed by atoms with Crippen molar-refractivity contribution in [1.82, 2.24) is 4.98 Å². The first-order valence-electron chi connectivity index (χ1n) is 5.21. The molecule has 0 amide bonds. The maximum absolute atomic E-state index is 7.35. The number of nitrogens with two attached hydrogens (primary N) is 1. The highest BCUT2D eigenvalue weighted by Gasteiger charge is 2.03. The van der Waals surface area contributed by atoms with E-state index in [0.717, 1.165) is 11.3 Å². The topological polar surface area (TPSA) is 72.0 Å². The molecular formula is C13H13N3O. The Kier molecular flexibility index (Phi) is 3.05. The van der Waals surface area contributed by atoms with Crippen molar-refractivity contribution < 1.29 is 4.74 Å². The molecule has 0 atom stereocenters. The summed E-state index contributed by atoms with van der Waals surface area (Å²) in [7, 11) is 0. The van der Waals surface area contributed by atoms with Crippen molar-refractivity contribution in [2.45, 2.75) is 6.92 Å². The lowest BCUT2D eigenvalue weighted by Crippen LogP contribution is -2.11. The van der Waals surface area contributed by atoms with Gasteiger partial charge in [-0.2, -0.15) is 0 Å². The molecule has 0 aliphatic carbocycles. The van der Waals surface area contributed by atoms with Gasteiger partial charge in [-0.15, -0.1) is 0 Å². The van der Waals surface area contributed by atoms with Gasteiger partial charge in [-0.05, 0) is 24.6 Å². The molecule has 3 N–H and O–H groups in total. The summed E-state index contributed by atoms with van der Waals surface area (Å²) >= 11 is 0. The van der Waals surface area contributed by atoms with E-state index in [0.29, 0.717) is 11.4 Å². The van der Waals surface area contributed by atoms with E-state index in [-0.39, 0.29) is 5.84 Å². The van der Waals surface area contributed by atoms with Crippen molar-refractivity contribution in [1.29, 1.82) is 5.41 Å². The molecule has 0 saturated heterocycles. The number of hydrogen-bond donors (Lipinski definition) is 2. The van der Waals surface area contributed by atoms with E-state index >= 15 is 0 Å². The number of nitrogen functional groups attached to an aromatic ring is 1. The number of aryl methyl sites for hydroxylation is 1. The number of rotatable bonds is 3. The molecule has 86 valence electrons. The van der Waals surface area contributed by atoms with Crippen molar-refractivity contribution >= 4 is 5.84 Å². The van der Waals surface area contributed by atoms with Crippen LogP contribution in [0.1, 0.15) is 11.1 Å². The van der Waals surface area contributed by atoms with E-state index < -0.39 is 0 Å². The smallest absolute Gasteiger partial charge is 0.219 e. The third-order valence-corrected chi connectivity index (χ3v) is 2.35. The van der Waals surface area contributed by atoms with Crippen LogP contribution in [-0.2, 0) is 0 Å². The van der Waals surface area contributed by atoms with Crippen LogP contribution in [0.3, 0.4) is 0 Å². The highest BCUT2D eigenvalue weighted by Crippen LogP contribution is 2.23. The summed E-state index contributed by atoms with van der Waals surface area (Å²) in [6.45, 7) is 1.96. The third kappa shape index (κ3) is 2.60. The quantitative estimate of drug-likeness (QED) is 0.625. The molecule has 2 aromatic rings. The standard InChI is InChI=1S/C13H13N3O/c1-9-4-2-3-5-11(9)17-12-8-10(13(14)15)6-7-16-12/h2-8H,1H3,(H3,14,15). The minimum atomic E-state index is 0.00188. The van der Waals surface area contributed by atoms with Gasteiger partial charge in [-0.1, -0.05) is 18.2 Å². The molecule has 4 heteroatoms. The van der Waals surface area contributed by atoms with Crippen molar-refractivity contribution in [3.63, 3.8) is 0 Å². The summed E-state index contributed by atoms with van der Waals surface area (Å²) in [5.74, 6) is 1.19. The number of benzene rings is 1. The second-order valence-corrected chi connectivity index (χ2v) is 3.66. The number of amidine groups is 1. The first-order valence-corrected chi connectivity index (χ1v) is 5.21. The van der Waals surface area contributed by atoms with Gasteiger partial charge >= 0.3 is 0 Å². The molecule has 0 aliphatic rings. The molecule has 1 aromatic carbocycles. The van der Waals surface area contributed by atoms with Crippen LogP contribution in [0, 0.1) is 12.3 Å². The summed E-state index contributed by atoms with van der Waals surface area (Å²) in [5, 5.41) is 7.35. The third-order valence-electron chi connectivity index (χ3n) is 2.35. The molecule has 0 radical (unpaired) electrons. The normalized spacial score (nSPS) is 9.94. The van der Waals surface area contributed by atoms with E-state index in [1.165, 1.54) is 0 Å². The molecule has 4 nitrogen and oxygen atoms in total. The van der Waals surface area contributed by atoms with Gasteiger partial charge in [-0.3, -0.25) is 5.41 Å². The highest BCUT2D eigenvalue weighted by atomic mass is 16.5. The SMILES string of the molecule is Cc1ccccc1Oc1cc(C(=N)N)ccn1. The zero-order valence-corrected chi connectivity index (χ0v) is 9.47. The fraction of sp³-hybridized carbons (Fsp3) is 0.0769. The van der Waals surface area contributed by atoms with Gasteiger partial charge < -0.3 is 10.5 Å². The molecule has 0 bridgehead atoms. The lowest BCUT2D eigenvalue weighted by atomic mass is 10.2. The molecule has 0 unspecified atom stereocenters. The van der Waals surface area contributed by atoms with Crippen molar-refractivity contribution in [3.8, 4) is 11.6 Å². The van der Waals surface area contributed by atoms with Gasteiger partial charge in [0, 0.05) is 17.8 Å². The second-order valence-electron chi connectivity index (χ2n) is 3.66. The maximum Gasteiger partial charge on any atom is 0.219 e. The average Bonchev–Trinajstić information content (AvgIpc) is 2.32. The minimum Gasteiger partial charge on any atom is -0.439 e. The molecule has 0 saturated carbocycles. The Bertz CT molecular complexity index is 552. The fourth-order valence-electron chi connectivity index (χ4n) is 1.42. The van der Waals surface area contributed by atoms with E-state index in [9.17, 15) is 0 Å². The number of pyridine rings is 1.